The highest BCUT2D eigenvalue weighted by molar-refractivity contribution is 7.85. The van der Waals surface area contributed by atoms with Gasteiger partial charge in [0.1, 0.15) is 16.8 Å². The minimum absolute atomic E-state index is 0.262. The molecule has 2 rings (SSSR count). The molecule has 1 atom stereocenters. The Morgan fingerprint density at radius 3 is 2.63 bits per heavy atom. The lowest BCUT2D eigenvalue weighted by Gasteiger charge is -2.12. The van der Waals surface area contributed by atoms with Crippen molar-refractivity contribution in [2.24, 2.45) is 4.40 Å². The standard InChI is InChI=1S/C13H13F2NOS2/c1-13(2,3)19(17)16-7-11-12(15)9-5-4-8(14)6-10(9)18-11/h4-7H,1-3H3/t19-/m0/s1. The van der Waals surface area contributed by atoms with Crippen molar-refractivity contribution in [1.29, 1.82) is 0 Å². The third-order valence-electron chi connectivity index (χ3n) is 2.41. The molecule has 0 saturated carbocycles. The fraction of sp³-hybridized carbons (Fsp3) is 0.308. The van der Waals surface area contributed by atoms with Crippen molar-refractivity contribution in [1.82, 2.24) is 0 Å². The van der Waals surface area contributed by atoms with Crippen molar-refractivity contribution < 1.29 is 13.0 Å². The van der Waals surface area contributed by atoms with Gasteiger partial charge in [-0.05, 0) is 39.0 Å². The summed E-state index contributed by atoms with van der Waals surface area (Å²) in [5, 5.41) is 0.356. The van der Waals surface area contributed by atoms with Crippen molar-refractivity contribution in [3.8, 4) is 0 Å². The molecule has 1 aromatic carbocycles. The molecule has 2 nitrogen and oxygen atoms in total. The Balaban J connectivity index is 2.39. The zero-order chi connectivity index (χ0) is 14.2. The number of halogens is 2. The van der Waals surface area contributed by atoms with Gasteiger partial charge in [-0.25, -0.2) is 13.0 Å². The minimum atomic E-state index is -1.44. The minimum Gasteiger partial charge on any atom is -0.234 e. The van der Waals surface area contributed by atoms with Crippen molar-refractivity contribution in [2.45, 2.75) is 25.5 Å². The van der Waals surface area contributed by atoms with Crippen molar-refractivity contribution in [2.75, 3.05) is 0 Å². The first-order valence-electron chi connectivity index (χ1n) is 5.62. The molecule has 19 heavy (non-hydrogen) atoms. The first kappa shape index (κ1) is 14.3. The molecular weight excluding hydrogens is 288 g/mol. The van der Waals surface area contributed by atoms with Gasteiger partial charge >= 0.3 is 0 Å². The van der Waals surface area contributed by atoms with Gasteiger partial charge in [0.15, 0.2) is 5.82 Å². The second-order valence-electron chi connectivity index (χ2n) is 5.02. The molecule has 0 amide bonds. The molecule has 0 N–H and O–H groups in total. The van der Waals surface area contributed by atoms with E-state index in [9.17, 15) is 13.0 Å². The topological polar surface area (TPSA) is 29.4 Å². The van der Waals surface area contributed by atoms with Crippen molar-refractivity contribution in [3.63, 3.8) is 0 Å². The van der Waals surface area contributed by atoms with Crippen LogP contribution in [0.5, 0.6) is 0 Å². The molecule has 1 heterocycles. The van der Waals surface area contributed by atoms with Gasteiger partial charge in [0.25, 0.3) is 0 Å². The monoisotopic (exact) mass is 301 g/mol. The quantitative estimate of drug-likeness (QED) is 0.769. The predicted octanol–water partition coefficient (Wildman–Crippen LogP) is 4.06. The lowest BCUT2D eigenvalue weighted by atomic mass is 10.2. The van der Waals surface area contributed by atoms with Gasteiger partial charge in [0.2, 0.25) is 0 Å². The molecular formula is C13H13F2NOS2. The average Bonchev–Trinajstić information content (AvgIpc) is 2.61. The fourth-order valence-electron chi connectivity index (χ4n) is 1.39. The Morgan fingerprint density at radius 1 is 1.32 bits per heavy atom. The summed E-state index contributed by atoms with van der Waals surface area (Å²) < 4.78 is 42.7. The van der Waals surface area contributed by atoms with Crippen LogP contribution in [0.2, 0.25) is 0 Å². The first-order chi connectivity index (χ1) is 8.79. The summed E-state index contributed by atoms with van der Waals surface area (Å²) in [4.78, 5) is 0.262. The molecule has 0 aliphatic carbocycles. The molecule has 0 aliphatic rings. The number of benzene rings is 1. The maximum atomic E-state index is 14.0. The van der Waals surface area contributed by atoms with Crippen LogP contribution in [0.15, 0.2) is 22.6 Å². The van der Waals surface area contributed by atoms with Gasteiger partial charge < -0.3 is 0 Å². The second kappa shape index (κ2) is 5.09. The van der Waals surface area contributed by atoms with E-state index < -0.39 is 27.4 Å². The Kier molecular flexibility index (Phi) is 3.82. The van der Waals surface area contributed by atoms with Gasteiger partial charge in [-0.2, -0.15) is 4.40 Å². The number of hydrogen-bond donors (Lipinski definition) is 0. The lowest BCUT2D eigenvalue weighted by Crippen LogP contribution is -2.19. The van der Waals surface area contributed by atoms with E-state index in [4.69, 9.17) is 0 Å². The predicted molar refractivity (Wildman–Crippen MR) is 77.2 cm³/mol. The van der Waals surface area contributed by atoms with Crippen molar-refractivity contribution >= 4 is 38.6 Å². The Labute approximate surface area is 116 Å². The maximum absolute atomic E-state index is 14.0. The lowest BCUT2D eigenvalue weighted by molar-refractivity contribution is 0.628. The van der Waals surface area contributed by atoms with Crippen LogP contribution in [-0.2, 0) is 11.0 Å². The molecule has 0 fully saturated rings. The average molecular weight is 301 g/mol. The van der Waals surface area contributed by atoms with E-state index in [1.165, 1.54) is 24.4 Å². The summed E-state index contributed by atoms with van der Waals surface area (Å²) in [6.45, 7) is 5.37. The highest BCUT2D eigenvalue weighted by Gasteiger charge is 2.19. The van der Waals surface area contributed by atoms with Crippen LogP contribution in [0.25, 0.3) is 10.1 Å². The normalized spacial score (nSPS) is 14.4. The highest BCUT2D eigenvalue weighted by Crippen LogP contribution is 2.29. The van der Waals surface area contributed by atoms with Crippen molar-refractivity contribution in [3.05, 3.63) is 34.7 Å². The highest BCUT2D eigenvalue weighted by atomic mass is 32.2. The van der Waals surface area contributed by atoms with E-state index in [0.717, 1.165) is 11.3 Å². The first-order valence-corrected chi connectivity index (χ1v) is 7.55. The Bertz CT molecular complexity index is 671. The molecule has 0 bridgehead atoms. The maximum Gasteiger partial charge on any atom is 0.150 e. The Hall–Kier alpha value is -1.14. The van der Waals surface area contributed by atoms with Crippen LogP contribution in [0.4, 0.5) is 8.78 Å². The zero-order valence-corrected chi connectivity index (χ0v) is 12.4. The number of fused-ring (bicyclic) bond motifs is 1. The zero-order valence-electron chi connectivity index (χ0n) is 10.7. The summed E-state index contributed by atoms with van der Waals surface area (Å²) in [7, 11) is -1.44. The largest absolute Gasteiger partial charge is 0.234 e. The summed E-state index contributed by atoms with van der Waals surface area (Å²) in [5.41, 5.74) is 0. The van der Waals surface area contributed by atoms with Crippen LogP contribution in [-0.4, -0.2) is 15.2 Å². The third-order valence-corrected chi connectivity index (χ3v) is 4.81. The number of rotatable bonds is 2. The number of hydrogen-bond acceptors (Lipinski definition) is 2. The second-order valence-corrected chi connectivity index (χ2v) is 8.03. The van der Waals surface area contributed by atoms with E-state index in [1.54, 1.807) is 20.8 Å². The van der Waals surface area contributed by atoms with Gasteiger partial charge in [-0.15, -0.1) is 11.3 Å². The van der Waals surface area contributed by atoms with E-state index >= 15 is 0 Å². The molecule has 0 spiro atoms. The Morgan fingerprint density at radius 2 is 2.00 bits per heavy atom. The van der Waals surface area contributed by atoms with Gasteiger partial charge in [0, 0.05) is 10.1 Å². The smallest absolute Gasteiger partial charge is 0.150 e. The molecule has 1 aromatic heterocycles. The molecule has 0 radical (unpaired) electrons. The SMILES string of the molecule is CC(C)(C)[S@](=O)N=Cc1sc2cc(F)ccc2c1F. The van der Waals surface area contributed by atoms with Crippen LogP contribution in [0.3, 0.4) is 0 Å². The van der Waals surface area contributed by atoms with E-state index in [0.29, 0.717) is 10.1 Å². The summed E-state index contributed by atoms with van der Waals surface area (Å²) in [6, 6.07) is 3.89. The van der Waals surface area contributed by atoms with Gasteiger partial charge in [-0.3, -0.25) is 0 Å². The van der Waals surface area contributed by atoms with Crippen LogP contribution in [0, 0.1) is 11.6 Å². The fourth-order valence-corrected chi connectivity index (χ4v) is 2.96. The number of thiophene rings is 1. The van der Waals surface area contributed by atoms with Gasteiger partial charge in [-0.1, -0.05) is 0 Å². The summed E-state index contributed by atoms with van der Waals surface area (Å²) >= 11 is 1.09. The molecule has 102 valence electrons. The summed E-state index contributed by atoms with van der Waals surface area (Å²) in [6.07, 6.45) is 1.26. The van der Waals surface area contributed by atoms with Crippen LogP contribution in [0.1, 0.15) is 25.6 Å². The van der Waals surface area contributed by atoms with E-state index in [2.05, 4.69) is 4.40 Å². The molecule has 6 heteroatoms. The van der Waals surface area contributed by atoms with E-state index in [-0.39, 0.29) is 4.88 Å². The molecule has 0 aliphatic heterocycles. The third kappa shape index (κ3) is 3.06. The molecule has 2 aromatic rings. The number of nitrogens with zero attached hydrogens (tertiary/aromatic N) is 1. The summed E-state index contributed by atoms with van der Waals surface area (Å²) in [5.74, 6) is -0.856. The van der Waals surface area contributed by atoms with Crippen LogP contribution < -0.4 is 0 Å². The molecule has 0 saturated heterocycles. The van der Waals surface area contributed by atoms with Gasteiger partial charge in [0.05, 0.1) is 15.8 Å². The molecule has 0 unspecified atom stereocenters. The van der Waals surface area contributed by atoms with Crippen LogP contribution >= 0.6 is 11.3 Å². The van der Waals surface area contributed by atoms with E-state index in [1.807, 2.05) is 0 Å².